The number of hydrogen-bond donors (Lipinski definition) is 0. The van der Waals surface area contributed by atoms with Gasteiger partial charge in [-0.25, -0.2) is 4.98 Å². The number of nitrogens with zero attached hydrogens (tertiary/aromatic N) is 2. The molecule has 0 radical (unpaired) electrons. The van der Waals surface area contributed by atoms with Gasteiger partial charge in [-0.3, -0.25) is 9.36 Å². The Morgan fingerprint density at radius 3 is 2.87 bits per heavy atom. The molecular formula is C18H22N2OS2. The van der Waals surface area contributed by atoms with Crippen molar-refractivity contribution in [2.75, 3.05) is 5.75 Å². The fraction of sp³-hybridized carbons (Fsp3) is 0.444. The Labute approximate surface area is 145 Å². The smallest absolute Gasteiger partial charge is 0.268 e. The maximum absolute atomic E-state index is 12.9. The molecule has 0 saturated heterocycles. The molecule has 3 rings (SSSR count). The molecule has 0 amide bonds. The van der Waals surface area contributed by atoms with Crippen LogP contribution in [0.25, 0.3) is 0 Å². The largest absolute Gasteiger partial charge is 0.286 e. The predicted molar refractivity (Wildman–Crippen MR) is 98.7 cm³/mol. The van der Waals surface area contributed by atoms with E-state index in [0.29, 0.717) is 11.8 Å². The summed E-state index contributed by atoms with van der Waals surface area (Å²) in [6.07, 6.45) is 2.86. The summed E-state index contributed by atoms with van der Waals surface area (Å²) in [6, 6.07) is 10.3. The van der Waals surface area contributed by atoms with Crippen LogP contribution in [0.4, 0.5) is 0 Å². The Kier molecular flexibility index (Phi) is 5.49. The van der Waals surface area contributed by atoms with Crippen molar-refractivity contribution in [2.45, 2.75) is 55.0 Å². The van der Waals surface area contributed by atoms with Crippen LogP contribution < -0.4 is 5.56 Å². The van der Waals surface area contributed by atoms with Crippen molar-refractivity contribution >= 4 is 23.5 Å². The van der Waals surface area contributed by atoms with Crippen LogP contribution in [0.5, 0.6) is 0 Å². The van der Waals surface area contributed by atoms with Crippen molar-refractivity contribution in [1.82, 2.24) is 9.55 Å². The van der Waals surface area contributed by atoms with Crippen LogP contribution in [0.1, 0.15) is 31.5 Å². The molecule has 0 spiro atoms. The van der Waals surface area contributed by atoms with E-state index in [2.05, 4.69) is 26.0 Å². The minimum Gasteiger partial charge on any atom is -0.286 e. The van der Waals surface area contributed by atoms with Crippen molar-refractivity contribution in [3.05, 3.63) is 51.9 Å². The summed E-state index contributed by atoms with van der Waals surface area (Å²) < 4.78 is 1.89. The van der Waals surface area contributed by atoms with Gasteiger partial charge in [-0.2, -0.15) is 0 Å². The Bertz CT molecular complexity index is 728. The molecule has 0 bridgehead atoms. The zero-order valence-corrected chi connectivity index (χ0v) is 15.3. The van der Waals surface area contributed by atoms with Crippen LogP contribution >= 0.6 is 23.5 Å². The Morgan fingerprint density at radius 2 is 2.13 bits per heavy atom. The maximum Gasteiger partial charge on any atom is 0.268 e. The quantitative estimate of drug-likeness (QED) is 0.584. The van der Waals surface area contributed by atoms with Crippen LogP contribution in [-0.4, -0.2) is 20.6 Å². The molecule has 122 valence electrons. The summed E-state index contributed by atoms with van der Waals surface area (Å²) in [7, 11) is 0. The lowest BCUT2D eigenvalue weighted by Crippen LogP contribution is -2.26. The van der Waals surface area contributed by atoms with Gasteiger partial charge in [-0.15, -0.1) is 11.8 Å². The molecular weight excluding hydrogens is 324 g/mol. The second-order valence-corrected chi connectivity index (χ2v) is 8.35. The summed E-state index contributed by atoms with van der Waals surface area (Å²) in [5.41, 5.74) is 2.41. The summed E-state index contributed by atoms with van der Waals surface area (Å²) in [5, 5.41) is 1.35. The predicted octanol–water partition coefficient (Wildman–Crippen LogP) is 4.02. The molecule has 1 atom stereocenters. The van der Waals surface area contributed by atoms with Crippen molar-refractivity contribution < 1.29 is 0 Å². The highest BCUT2D eigenvalue weighted by Crippen LogP contribution is 2.34. The first kappa shape index (κ1) is 16.7. The van der Waals surface area contributed by atoms with Crippen LogP contribution in [0.15, 0.2) is 45.2 Å². The van der Waals surface area contributed by atoms with Gasteiger partial charge in [0.1, 0.15) is 0 Å². The van der Waals surface area contributed by atoms with Gasteiger partial charge in [-0.1, -0.05) is 55.9 Å². The zero-order valence-electron chi connectivity index (χ0n) is 13.6. The minimum atomic E-state index is 0.152. The molecule has 0 N–H and O–H groups in total. The molecule has 0 saturated carbocycles. The number of hydrogen-bond acceptors (Lipinski definition) is 4. The lowest BCUT2D eigenvalue weighted by atomic mass is 10.1. The first-order chi connectivity index (χ1) is 11.2. The second-order valence-electron chi connectivity index (χ2n) is 5.84. The zero-order chi connectivity index (χ0) is 16.2. The van der Waals surface area contributed by atoms with E-state index in [4.69, 9.17) is 4.98 Å². The van der Waals surface area contributed by atoms with Gasteiger partial charge in [0.05, 0.1) is 10.6 Å². The Morgan fingerprint density at radius 1 is 1.35 bits per heavy atom. The van der Waals surface area contributed by atoms with Gasteiger partial charge in [-0.05, 0) is 18.4 Å². The molecule has 0 aliphatic carbocycles. The van der Waals surface area contributed by atoms with Gasteiger partial charge < -0.3 is 0 Å². The Balaban J connectivity index is 1.90. The van der Waals surface area contributed by atoms with Crippen LogP contribution in [0, 0.1) is 0 Å². The van der Waals surface area contributed by atoms with E-state index in [1.165, 1.54) is 5.56 Å². The normalized spacial score (nSPS) is 16.5. The van der Waals surface area contributed by atoms with Crippen molar-refractivity contribution in [3.8, 4) is 0 Å². The SMILES string of the molecule is CCCSc1nc2c(c(=O)n1CCc1ccccc1)S[C@@H](C)C2. The van der Waals surface area contributed by atoms with Crippen LogP contribution in [0.3, 0.4) is 0 Å². The fourth-order valence-electron chi connectivity index (χ4n) is 2.72. The monoisotopic (exact) mass is 346 g/mol. The molecule has 0 unspecified atom stereocenters. The average Bonchev–Trinajstić information content (AvgIpc) is 2.94. The third-order valence-corrected chi connectivity index (χ3v) is 6.26. The van der Waals surface area contributed by atoms with E-state index in [0.717, 1.165) is 40.8 Å². The first-order valence-corrected chi connectivity index (χ1v) is 10.0. The minimum absolute atomic E-state index is 0.152. The lowest BCUT2D eigenvalue weighted by molar-refractivity contribution is 0.564. The van der Waals surface area contributed by atoms with Gasteiger partial charge >= 0.3 is 0 Å². The molecule has 0 fully saturated rings. The van der Waals surface area contributed by atoms with E-state index < -0.39 is 0 Å². The Hall–Kier alpha value is -1.20. The molecule has 2 heterocycles. The molecule has 3 nitrogen and oxygen atoms in total. The molecule has 1 aromatic carbocycles. The topological polar surface area (TPSA) is 34.9 Å². The summed E-state index contributed by atoms with van der Waals surface area (Å²) in [5.74, 6) is 0.999. The van der Waals surface area contributed by atoms with E-state index in [1.807, 2.05) is 22.8 Å². The highest BCUT2D eigenvalue weighted by atomic mass is 32.2. The molecule has 5 heteroatoms. The number of aryl methyl sites for hydroxylation is 1. The van der Waals surface area contributed by atoms with E-state index >= 15 is 0 Å². The van der Waals surface area contributed by atoms with E-state index in [-0.39, 0.29) is 5.56 Å². The van der Waals surface area contributed by atoms with Gasteiger partial charge in [0.2, 0.25) is 0 Å². The summed E-state index contributed by atoms with van der Waals surface area (Å²) >= 11 is 3.39. The van der Waals surface area contributed by atoms with Crippen molar-refractivity contribution in [1.29, 1.82) is 0 Å². The highest BCUT2D eigenvalue weighted by Gasteiger charge is 2.26. The molecule has 23 heavy (non-hydrogen) atoms. The number of rotatable bonds is 6. The second kappa shape index (κ2) is 7.58. The standard InChI is InChI=1S/C18H22N2OS2/c1-3-11-22-18-19-15-12-13(2)23-16(15)17(21)20(18)10-9-14-7-5-4-6-8-14/h4-8,13H,3,9-12H2,1-2H3/t13-/m0/s1. The van der Waals surface area contributed by atoms with Crippen molar-refractivity contribution in [2.24, 2.45) is 0 Å². The lowest BCUT2D eigenvalue weighted by Gasteiger charge is -2.13. The van der Waals surface area contributed by atoms with Crippen molar-refractivity contribution in [3.63, 3.8) is 0 Å². The fourth-order valence-corrected chi connectivity index (χ4v) is 4.73. The molecule has 1 aliphatic rings. The first-order valence-electron chi connectivity index (χ1n) is 8.16. The van der Waals surface area contributed by atoms with E-state index in [1.54, 1.807) is 23.5 Å². The number of fused-ring (bicyclic) bond motifs is 1. The van der Waals surface area contributed by atoms with Gasteiger partial charge in [0, 0.05) is 24.0 Å². The van der Waals surface area contributed by atoms with E-state index in [9.17, 15) is 4.79 Å². The third kappa shape index (κ3) is 3.83. The number of thioether (sulfide) groups is 2. The average molecular weight is 347 g/mol. The number of aromatic nitrogens is 2. The summed E-state index contributed by atoms with van der Waals surface area (Å²) in [4.78, 5) is 18.6. The van der Waals surface area contributed by atoms with Gasteiger partial charge in [0.25, 0.3) is 5.56 Å². The molecule has 1 aromatic heterocycles. The molecule has 2 aromatic rings. The summed E-state index contributed by atoms with van der Waals surface area (Å²) in [6.45, 7) is 5.02. The van der Waals surface area contributed by atoms with Crippen LogP contribution in [-0.2, 0) is 19.4 Å². The van der Waals surface area contributed by atoms with Gasteiger partial charge in [0.15, 0.2) is 5.16 Å². The third-order valence-electron chi connectivity index (χ3n) is 3.87. The molecule has 1 aliphatic heterocycles. The number of benzene rings is 1. The maximum atomic E-state index is 12.9. The highest BCUT2D eigenvalue weighted by molar-refractivity contribution is 8.00. The van der Waals surface area contributed by atoms with Crippen LogP contribution in [0.2, 0.25) is 0 Å².